The monoisotopic (exact) mass is 337 g/mol. The van der Waals surface area contributed by atoms with Gasteiger partial charge in [-0.1, -0.05) is 11.6 Å². The highest BCUT2D eigenvalue weighted by atomic mass is 35.5. The Morgan fingerprint density at radius 1 is 1.27 bits per heavy atom. The zero-order valence-electron chi connectivity index (χ0n) is 12.3. The molecule has 0 unspecified atom stereocenters. The van der Waals surface area contributed by atoms with Crippen LogP contribution in [0.1, 0.15) is 27.0 Å². The van der Waals surface area contributed by atoms with Crippen molar-refractivity contribution >= 4 is 34.6 Å². The summed E-state index contributed by atoms with van der Waals surface area (Å²) in [6.07, 6.45) is 0. The van der Waals surface area contributed by atoms with Gasteiger partial charge in [-0.25, -0.2) is 0 Å². The fourth-order valence-corrected chi connectivity index (χ4v) is 2.92. The fourth-order valence-electron chi connectivity index (χ4n) is 1.82. The van der Waals surface area contributed by atoms with Crippen molar-refractivity contribution in [3.8, 4) is 5.75 Å². The predicted octanol–water partition coefficient (Wildman–Crippen LogP) is 3.61. The second-order valence-electron chi connectivity index (χ2n) is 4.80. The van der Waals surface area contributed by atoms with E-state index >= 15 is 0 Å². The molecule has 0 aliphatic heterocycles. The Labute approximate surface area is 138 Å². The van der Waals surface area contributed by atoms with Crippen LogP contribution in [0.4, 0.5) is 0 Å². The molecule has 2 aromatic rings. The number of rotatable bonds is 6. The highest BCUT2D eigenvalue weighted by Gasteiger charge is 2.11. The maximum atomic E-state index is 12.1. The Balaban J connectivity index is 1.93. The van der Waals surface area contributed by atoms with Crippen molar-refractivity contribution in [1.82, 2.24) is 5.32 Å². The van der Waals surface area contributed by atoms with Gasteiger partial charge in [-0.3, -0.25) is 9.59 Å². The number of carbonyl (C=O) groups excluding carboxylic acids is 2. The van der Waals surface area contributed by atoms with E-state index < -0.39 is 0 Å². The minimum atomic E-state index is -0.0946. The number of Topliss-reactive ketones (excluding diaryl/α,β-unsaturated/α-hetero) is 1. The molecule has 1 amide bonds. The number of hydrogen-bond donors (Lipinski definition) is 1. The van der Waals surface area contributed by atoms with Crippen molar-refractivity contribution in [2.75, 3.05) is 6.61 Å². The van der Waals surface area contributed by atoms with Crippen molar-refractivity contribution < 1.29 is 14.3 Å². The Bertz CT molecular complexity index is 696. The lowest BCUT2D eigenvalue weighted by Gasteiger charge is -2.08. The molecule has 0 atom stereocenters. The van der Waals surface area contributed by atoms with Gasteiger partial charge in [-0.15, -0.1) is 11.3 Å². The SMILES string of the molecule is CC(=O)NCc1ccc(C(=O)COc2ccc(Cl)cc2C)s1. The minimum Gasteiger partial charge on any atom is -0.485 e. The van der Waals surface area contributed by atoms with Gasteiger partial charge in [0.05, 0.1) is 11.4 Å². The van der Waals surface area contributed by atoms with Gasteiger partial charge in [0.2, 0.25) is 11.7 Å². The zero-order valence-corrected chi connectivity index (χ0v) is 13.9. The second-order valence-corrected chi connectivity index (χ2v) is 6.40. The second kappa shape index (κ2) is 7.42. The first-order chi connectivity index (χ1) is 10.5. The number of thiophene rings is 1. The van der Waals surface area contributed by atoms with Gasteiger partial charge in [0.25, 0.3) is 0 Å². The summed E-state index contributed by atoms with van der Waals surface area (Å²) >= 11 is 7.24. The van der Waals surface area contributed by atoms with E-state index in [9.17, 15) is 9.59 Å². The molecule has 1 aromatic carbocycles. The van der Waals surface area contributed by atoms with Crippen molar-refractivity contribution in [3.05, 3.63) is 50.7 Å². The van der Waals surface area contributed by atoms with E-state index in [0.29, 0.717) is 22.2 Å². The molecule has 1 heterocycles. The third kappa shape index (κ3) is 4.58. The Kier molecular flexibility index (Phi) is 5.57. The first-order valence-corrected chi connectivity index (χ1v) is 7.90. The summed E-state index contributed by atoms with van der Waals surface area (Å²) in [4.78, 5) is 24.5. The molecule has 0 aliphatic rings. The van der Waals surface area contributed by atoms with E-state index in [-0.39, 0.29) is 18.3 Å². The Morgan fingerprint density at radius 3 is 2.73 bits per heavy atom. The first-order valence-electron chi connectivity index (χ1n) is 6.71. The van der Waals surface area contributed by atoms with E-state index in [1.807, 2.05) is 13.0 Å². The number of ether oxygens (including phenoxy) is 1. The molecule has 2 rings (SSSR count). The number of nitrogens with one attached hydrogen (secondary N) is 1. The molecule has 22 heavy (non-hydrogen) atoms. The van der Waals surface area contributed by atoms with Crippen molar-refractivity contribution in [2.24, 2.45) is 0 Å². The molecule has 4 nitrogen and oxygen atoms in total. The van der Waals surface area contributed by atoms with Crippen LogP contribution < -0.4 is 10.1 Å². The number of ketones is 1. The summed E-state index contributed by atoms with van der Waals surface area (Å²) in [5.41, 5.74) is 0.887. The lowest BCUT2D eigenvalue weighted by Crippen LogP contribution is -2.18. The van der Waals surface area contributed by atoms with Gasteiger partial charge in [-0.05, 0) is 42.8 Å². The molecule has 0 saturated heterocycles. The maximum absolute atomic E-state index is 12.1. The highest BCUT2D eigenvalue weighted by Crippen LogP contribution is 2.23. The van der Waals surface area contributed by atoms with Crippen LogP contribution in [0.3, 0.4) is 0 Å². The lowest BCUT2D eigenvalue weighted by molar-refractivity contribution is -0.119. The molecule has 1 N–H and O–H groups in total. The Hall–Kier alpha value is -1.85. The number of carbonyl (C=O) groups is 2. The summed E-state index contributed by atoms with van der Waals surface area (Å²) in [5.74, 6) is 0.462. The third-order valence-corrected chi connectivity index (χ3v) is 4.31. The quantitative estimate of drug-likeness (QED) is 0.819. The summed E-state index contributed by atoms with van der Waals surface area (Å²) in [6, 6.07) is 8.86. The normalized spacial score (nSPS) is 10.3. The third-order valence-electron chi connectivity index (χ3n) is 2.94. The minimum absolute atomic E-state index is 0.0252. The predicted molar refractivity (Wildman–Crippen MR) is 87.9 cm³/mol. The molecule has 6 heteroatoms. The molecule has 0 spiro atoms. The average molecular weight is 338 g/mol. The smallest absolute Gasteiger partial charge is 0.217 e. The van der Waals surface area contributed by atoms with Crippen LogP contribution in [-0.2, 0) is 11.3 Å². The molecule has 0 radical (unpaired) electrons. The summed E-state index contributed by atoms with van der Waals surface area (Å²) in [7, 11) is 0. The van der Waals surface area contributed by atoms with Crippen LogP contribution in [0.5, 0.6) is 5.75 Å². The number of halogens is 1. The molecule has 0 aliphatic carbocycles. The summed E-state index contributed by atoms with van der Waals surface area (Å²) in [5, 5.41) is 3.34. The van der Waals surface area contributed by atoms with Crippen molar-refractivity contribution in [2.45, 2.75) is 20.4 Å². The first kappa shape index (κ1) is 16.5. The zero-order chi connectivity index (χ0) is 16.1. The van der Waals surface area contributed by atoms with Crippen molar-refractivity contribution in [1.29, 1.82) is 0 Å². The van der Waals surface area contributed by atoms with Crippen LogP contribution in [-0.4, -0.2) is 18.3 Å². The largest absolute Gasteiger partial charge is 0.485 e. The van der Waals surface area contributed by atoms with Gasteiger partial charge in [-0.2, -0.15) is 0 Å². The number of aryl methyl sites for hydroxylation is 1. The topological polar surface area (TPSA) is 55.4 Å². The molecule has 1 aromatic heterocycles. The number of hydrogen-bond acceptors (Lipinski definition) is 4. The van der Waals surface area contributed by atoms with Gasteiger partial charge in [0, 0.05) is 16.8 Å². The lowest BCUT2D eigenvalue weighted by atomic mass is 10.2. The van der Waals surface area contributed by atoms with Gasteiger partial charge in [0.1, 0.15) is 5.75 Å². The van der Waals surface area contributed by atoms with Crippen LogP contribution in [0.25, 0.3) is 0 Å². The molecule has 0 fully saturated rings. The number of benzene rings is 1. The molecule has 0 bridgehead atoms. The van der Waals surface area contributed by atoms with E-state index in [1.165, 1.54) is 18.3 Å². The van der Waals surface area contributed by atoms with Crippen molar-refractivity contribution in [3.63, 3.8) is 0 Å². The van der Waals surface area contributed by atoms with Gasteiger partial charge >= 0.3 is 0 Å². The Morgan fingerprint density at radius 2 is 2.05 bits per heavy atom. The summed E-state index contributed by atoms with van der Waals surface area (Å²) in [6.45, 7) is 3.75. The van der Waals surface area contributed by atoms with Crippen LogP contribution in [0.15, 0.2) is 30.3 Å². The highest BCUT2D eigenvalue weighted by molar-refractivity contribution is 7.14. The van der Waals surface area contributed by atoms with E-state index in [4.69, 9.17) is 16.3 Å². The van der Waals surface area contributed by atoms with Crippen LogP contribution >= 0.6 is 22.9 Å². The van der Waals surface area contributed by atoms with Crippen LogP contribution in [0, 0.1) is 6.92 Å². The number of amides is 1. The average Bonchev–Trinajstić information content (AvgIpc) is 2.93. The standard InChI is InChI=1S/C16H16ClNO3S/c1-10-7-12(17)3-5-15(10)21-9-14(20)16-6-4-13(22-16)8-18-11(2)19/h3-7H,8-9H2,1-2H3,(H,18,19). The summed E-state index contributed by atoms with van der Waals surface area (Å²) < 4.78 is 5.54. The molecular weight excluding hydrogens is 322 g/mol. The molecule has 0 saturated carbocycles. The van der Waals surface area contributed by atoms with Crippen LogP contribution in [0.2, 0.25) is 5.02 Å². The fraction of sp³-hybridized carbons (Fsp3) is 0.250. The molecular formula is C16H16ClNO3S. The van der Waals surface area contributed by atoms with E-state index in [0.717, 1.165) is 10.4 Å². The van der Waals surface area contributed by atoms with E-state index in [2.05, 4.69) is 5.32 Å². The van der Waals surface area contributed by atoms with E-state index in [1.54, 1.807) is 24.3 Å². The van der Waals surface area contributed by atoms with Gasteiger partial charge < -0.3 is 10.1 Å². The molecule has 116 valence electrons. The van der Waals surface area contributed by atoms with Gasteiger partial charge in [0.15, 0.2) is 6.61 Å². The maximum Gasteiger partial charge on any atom is 0.217 e.